The van der Waals surface area contributed by atoms with Crippen LogP contribution in [0, 0.1) is 0 Å². The van der Waals surface area contributed by atoms with E-state index in [-0.39, 0.29) is 39.0 Å². The molecular weight excluding hydrogens is 652 g/mol. The quantitative estimate of drug-likeness (QED) is 0.146. The van der Waals surface area contributed by atoms with Crippen LogP contribution in [0.15, 0.2) is 66.9 Å². The third kappa shape index (κ3) is 15.5. The van der Waals surface area contributed by atoms with Crippen molar-refractivity contribution in [1.82, 2.24) is 10.3 Å². The van der Waals surface area contributed by atoms with Crippen LogP contribution < -0.4 is 5.32 Å². The molecule has 2 aromatic carbocycles. The van der Waals surface area contributed by atoms with Gasteiger partial charge >= 0.3 is 53.7 Å². The molecule has 1 atom stereocenters. The van der Waals surface area contributed by atoms with Gasteiger partial charge in [-0.05, 0) is 49.4 Å². The number of hydrogen-bond acceptors (Lipinski definition) is 10. The summed E-state index contributed by atoms with van der Waals surface area (Å²) in [5.74, 6) is -11.3. The van der Waals surface area contributed by atoms with Gasteiger partial charge in [0.05, 0.1) is 27.8 Å². The Morgan fingerprint density at radius 1 is 0.562 bits per heavy atom. The summed E-state index contributed by atoms with van der Waals surface area (Å²) in [7, 11) is 0. The van der Waals surface area contributed by atoms with Crippen molar-refractivity contribution in [1.29, 1.82) is 0 Å². The molecule has 1 heterocycles. The van der Waals surface area contributed by atoms with Crippen LogP contribution in [0.25, 0.3) is 0 Å². The van der Waals surface area contributed by atoms with Crippen molar-refractivity contribution in [2.24, 2.45) is 0 Å². The molecule has 1 unspecified atom stereocenters. The number of aromatic carboxylic acids is 6. The number of nitrogens with one attached hydrogen (secondary N) is 1. The van der Waals surface area contributed by atoms with Gasteiger partial charge in [0.25, 0.3) is 0 Å². The largest absolute Gasteiger partial charge is 0.480 e. The van der Waals surface area contributed by atoms with Gasteiger partial charge in [-0.1, -0.05) is 18.2 Å². The maximum Gasteiger partial charge on any atom is 0.394 e. The number of amides is 1. The summed E-state index contributed by atoms with van der Waals surface area (Å²) >= 11 is 0. The Kier molecular flexibility index (Phi) is 18.5. The molecular formula is C28H26N2O18. The standard InChI is InChI=1S/2C8H6O4.C7H5NO4.C5H7NO5.H2O/c9-7(10)5-2-1-3-6(4-5)8(11)12;9-7(10)5-3-1-2-4-6(5)8(11)12;9-6(10)4-1-2-5(7(11)12)8-3-4;1-2(4(8)9)6-3(7)5(10)11;/h2*1-4H,(H,9,10)(H,11,12);1-3H,(H,9,10)(H,11,12);2H,1H3,(H,6,7)(H,8,9)(H,10,11);1H2. The summed E-state index contributed by atoms with van der Waals surface area (Å²) in [6.45, 7) is 1.17. The van der Waals surface area contributed by atoms with Gasteiger partial charge in [-0.15, -0.1) is 0 Å². The van der Waals surface area contributed by atoms with Crippen LogP contribution in [0.5, 0.6) is 0 Å². The predicted molar refractivity (Wildman–Crippen MR) is 155 cm³/mol. The number of nitrogens with zero attached hydrogens (tertiary/aromatic N) is 1. The summed E-state index contributed by atoms with van der Waals surface area (Å²) in [4.78, 5) is 95.9. The minimum atomic E-state index is -1.70. The Hall–Kier alpha value is -7.22. The molecule has 0 fully saturated rings. The number of hydrogen-bond donors (Lipinski definition) is 9. The molecule has 0 spiro atoms. The van der Waals surface area contributed by atoms with Crippen LogP contribution in [-0.2, 0) is 14.4 Å². The molecule has 256 valence electrons. The molecule has 1 aromatic heterocycles. The van der Waals surface area contributed by atoms with E-state index in [2.05, 4.69) is 4.98 Å². The van der Waals surface area contributed by atoms with Gasteiger partial charge in [0.15, 0.2) is 0 Å². The van der Waals surface area contributed by atoms with Crippen molar-refractivity contribution in [3.8, 4) is 0 Å². The lowest BCUT2D eigenvalue weighted by atomic mass is 10.1. The van der Waals surface area contributed by atoms with Gasteiger partial charge in [0.1, 0.15) is 11.7 Å². The summed E-state index contributed by atoms with van der Waals surface area (Å²) in [6.07, 6.45) is 1.01. The molecule has 11 N–H and O–H groups in total. The molecule has 0 bridgehead atoms. The van der Waals surface area contributed by atoms with E-state index in [1.54, 1.807) is 5.32 Å². The third-order valence-electron chi connectivity index (χ3n) is 4.89. The van der Waals surface area contributed by atoms with E-state index in [0.29, 0.717) is 0 Å². The Morgan fingerprint density at radius 2 is 1.00 bits per heavy atom. The second kappa shape index (κ2) is 20.7. The van der Waals surface area contributed by atoms with Crippen LogP contribution in [0.2, 0.25) is 0 Å². The maximum atomic E-state index is 10.5. The van der Waals surface area contributed by atoms with Gasteiger partial charge in [-0.2, -0.15) is 0 Å². The first kappa shape index (κ1) is 42.9. The van der Waals surface area contributed by atoms with Crippen molar-refractivity contribution in [2.75, 3.05) is 0 Å². The van der Waals surface area contributed by atoms with Gasteiger partial charge in [-0.3, -0.25) is 9.59 Å². The fourth-order valence-corrected chi connectivity index (χ4v) is 2.61. The Balaban J connectivity index is 0. The number of carboxylic acid groups (broad SMARTS) is 8. The van der Waals surface area contributed by atoms with Crippen LogP contribution in [0.1, 0.15) is 69.2 Å². The monoisotopic (exact) mass is 678 g/mol. The molecule has 3 rings (SSSR count). The number of pyridine rings is 1. The predicted octanol–water partition coefficient (Wildman–Crippen LogP) is 0.480. The molecule has 48 heavy (non-hydrogen) atoms. The van der Waals surface area contributed by atoms with E-state index >= 15 is 0 Å². The van der Waals surface area contributed by atoms with Crippen molar-refractivity contribution >= 4 is 53.7 Å². The lowest BCUT2D eigenvalue weighted by Crippen LogP contribution is -2.41. The highest BCUT2D eigenvalue weighted by Crippen LogP contribution is 2.08. The van der Waals surface area contributed by atoms with Crippen molar-refractivity contribution in [3.63, 3.8) is 0 Å². The molecule has 3 aromatic rings. The number of aromatic nitrogens is 1. The van der Waals surface area contributed by atoms with Crippen molar-refractivity contribution < 1.29 is 89.5 Å². The summed E-state index contributed by atoms with van der Waals surface area (Å²) in [6, 6.07) is 11.8. The molecule has 20 nitrogen and oxygen atoms in total. The number of rotatable bonds is 8. The maximum absolute atomic E-state index is 10.5. The molecule has 0 saturated carbocycles. The average Bonchev–Trinajstić information content (AvgIpc) is 3.01. The zero-order valence-electron chi connectivity index (χ0n) is 24.1. The second-order valence-corrected chi connectivity index (χ2v) is 8.23. The van der Waals surface area contributed by atoms with Crippen molar-refractivity contribution in [3.05, 3.63) is 100 Å². The molecule has 0 aliphatic carbocycles. The normalized spacial score (nSPS) is 9.69. The van der Waals surface area contributed by atoms with Gasteiger partial charge in [0, 0.05) is 6.20 Å². The first-order valence-corrected chi connectivity index (χ1v) is 12.1. The lowest BCUT2D eigenvalue weighted by molar-refractivity contribution is -0.151. The molecule has 0 aliphatic rings. The number of carboxylic acids is 8. The molecule has 20 heteroatoms. The number of aliphatic carboxylic acids is 2. The van der Waals surface area contributed by atoms with E-state index in [0.717, 1.165) is 18.3 Å². The first-order chi connectivity index (χ1) is 21.8. The number of benzene rings is 2. The fourth-order valence-electron chi connectivity index (χ4n) is 2.61. The molecule has 1 amide bonds. The first-order valence-electron chi connectivity index (χ1n) is 12.1. The summed E-state index contributed by atoms with van der Waals surface area (Å²) < 4.78 is 0. The zero-order chi connectivity index (χ0) is 36.4. The van der Waals surface area contributed by atoms with Crippen LogP contribution in [0.4, 0.5) is 0 Å². The van der Waals surface area contributed by atoms with Crippen LogP contribution >= 0.6 is 0 Å². The van der Waals surface area contributed by atoms with E-state index < -0.39 is 59.7 Å². The summed E-state index contributed by atoms with van der Waals surface area (Å²) in [5.41, 5.74) is -0.611. The Bertz CT molecular complexity index is 1570. The smallest absolute Gasteiger partial charge is 0.394 e. The number of carbonyl (C=O) groups excluding carboxylic acids is 1. The van der Waals surface area contributed by atoms with E-state index in [1.807, 2.05) is 0 Å². The third-order valence-corrected chi connectivity index (χ3v) is 4.89. The second-order valence-electron chi connectivity index (χ2n) is 8.23. The average molecular weight is 679 g/mol. The number of carbonyl (C=O) groups is 9. The lowest BCUT2D eigenvalue weighted by Gasteiger charge is -2.04. The fraction of sp³-hybridized carbons (Fsp3) is 0.0714. The zero-order valence-corrected chi connectivity index (χ0v) is 24.1. The van der Waals surface area contributed by atoms with Crippen LogP contribution in [0.3, 0.4) is 0 Å². The van der Waals surface area contributed by atoms with Gasteiger partial charge in [-0.25, -0.2) is 38.5 Å². The van der Waals surface area contributed by atoms with Gasteiger partial charge < -0.3 is 51.6 Å². The van der Waals surface area contributed by atoms with Gasteiger partial charge in [0.2, 0.25) is 0 Å². The highest BCUT2D eigenvalue weighted by atomic mass is 16.4. The SMILES string of the molecule is CC(NC(=O)C(=O)O)C(=O)O.O.O=C(O)c1ccc(C(=O)O)nc1.O=C(O)c1cccc(C(=O)O)c1.O=C(O)c1ccccc1C(=O)O. The van der Waals surface area contributed by atoms with Crippen molar-refractivity contribution in [2.45, 2.75) is 13.0 Å². The highest BCUT2D eigenvalue weighted by Gasteiger charge is 2.18. The van der Waals surface area contributed by atoms with E-state index in [1.165, 1.54) is 55.5 Å². The molecule has 0 aliphatic heterocycles. The highest BCUT2D eigenvalue weighted by molar-refractivity contribution is 6.31. The summed E-state index contributed by atoms with van der Waals surface area (Å²) in [5, 5.41) is 68.9. The molecule has 0 saturated heterocycles. The van der Waals surface area contributed by atoms with E-state index in [9.17, 15) is 43.2 Å². The Morgan fingerprint density at radius 3 is 1.29 bits per heavy atom. The topological polar surface area (TPSA) is 372 Å². The Labute approximate surface area is 267 Å². The van der Waals surface area contributed by atoms with Crippen LogP contribution in [-0.4, -0.2) is 111 Å². The molecule has 0 radical (unpaired) electrons. The minimum absolute atomic E-state index is 0. The van der Waals surface area contributed by atoms with E-state index in [4.69, 9.17) is 40.9 Å². The minimum Gasteiger partial charge on any atom is -0.480 e.